The molecular formula is C20H24N2O5S. The predicted molar refractivity (Wildman–Crippen MR) is 106 cm³/mol. The lowest BCUT2D eigenvalue weighted by molar-refractivity contribution is -0.131. The van der Waals surface area contributed by atoms with E-state index < -0.39 is 0 Å². The van der Waals surface area contributed by atoms with Crippen LogP contribution in [0.5, 0.6) is 17.2 Å². The molecule has 2 amide bonds. The van der Waals surface area contributed by atoms with Crippen molar-refractivity contribution >= 4 is 23.2 Å². The van der Waals surface area contributed by atoms with Gasteiger partial charge in [0.1, 0.15) is 0 Å². The SMILES string of the molecule is COc1cc(C(=O)NCC(=O)N2CCCC2c2ccsc2)cc(OC)c1OC. The van der Waals surface area contributed by atoms with Crippen molar-refractivity contribution in [2.45, 2.75) is 18.9 Å². The fourth-order valence-corrected chi connectivity index (χ4v) is 4.16. The van der Waals surface area contributed by atoms with Gasteiger partial charge in [-0.25, -0.2) is 0 Å². The molecule has 1 fully saturated rings. The molecule has 2 heterocycles. The molecule has 0 bridgehead atoms. The van der Waals surface area contributed by atoms with E-state index in [0.29, 0.717) is 29.4 Å². The Hall–Kier alpha value is -2.74. The average Bonchev–Trinajstić information content (AvgIpc) is 3.41. The van der Waals surface area contributed by atoms with E-state index >= 15 is 0 Å². The molecule has 8 heteroatoms. The Kier molecular flexibility index (Phi) is 6.41. The maximum absolute atomic E-state index is 12.7. The number of carbonyl (C=O) groups excluding carboxylic acids is 2. The van der Waals surface area contributed by atoms with Crippen LogP contribution in [0.4, 0.5) is 0 Å². The Balaban J connectivity index is 1.67. The van der Waals surface area contributed by atoms with Gasteiger partial charge in [-0.05, 0) is 47.4 Å². The van der Waals surface area contributed by atoms with Crippen LogP contribution in [-0.4, -0.2) is 51.1 Å². The van der Waals surface area contributed by atoms with Crippen molar-refractivity contribution in [1.29, 1.82) is 0 Å². The Morgan fingerprint density at radius 2 is 1.89 bits per heavy atom. The standard InChI is InChI=1S/C20H24N2O5S/c1-25-16-9-14(10-17(26-2)19(16)27-3)20(24)21-11-18(23)22-7-4-5-15(22)13-6-8-28-12-13/h6,8-10,12,15H,4-5,7,11H2,1-3H3,(H,21,24). The fraction of sp³-hybridized carbons (Fsp3) is 0.400. The second-order valence-electron chi connectivity index (χ2n) is 6.40. The molecule has 7 nitrogen and oxygen atoms in total. The lowest BCUT2D eigenvalue weighted by Crippen LogP contribution is -2.39. The van der Waals surface area contributed by atoms with Crippen LogP contribution in [0.25, 0.3) is 0 Å². The van der Waals surface area contributed by atoms with Gasteiger partial charge < -0.3 is 24.4 Å². The highest BCUT2D eigenvalue weighted by Gasteiger charge is 2.30. The number of methoxy groups -OCH3 is 3. The number of amides is 2. The summed E-state index contributed by atoms with van der Waals surface area (Å²) in [5.41, 5.74) is 1.49. The first-order valence-electron chi connectivity index (χ1n) is 8.98. The smallest absolute Gasteiger partial charge is 0.251 e. The van der Waals surface area contributed by atoms with Crippen LogP contribution >= 0.6 is 11.3 Å². The van der Waals surface area contributed by atoms with Gasteiger partial charge in [-0.2, -0.15) is 11.3 Å². The van der Waals surface area contributed by atoms with Gasteiger partial charge in [-0.15, -0.1) is 0 Å². The zero-order valence-electron chi connectivity index (χ0n) is 16.2. The minimum absolute atomic E-state index is 0.0594. The first-order chi connectivity index (χ1) is 13.6. The third-order valence-electron chi connectivity index (χ3n) is 4.83. The van der Waals surface area contributed by atoms with Crippen LogP contribution in [0.1, 0.15) is 34.8 Å². The molecule has 1 saturated heterocycles. The number of benzene rings is 1. The second kappa shape index (κ2) is 8.97. The molecule has 2 aromatic rings. The average molecular weight is 404 g/mol. The van der Waals surface area contributed by atoms with Crippen molar-refractivity contribution in [2.75, 3.05) is 34.4 Å². The van der Waals surface area contributed by atoms with E-state index in [4.69, 9.17) is 14.2 Å². The number of thiophene rings is 1. The molecule has 1 aliphatic heterocycles. The molecule has 1 aromatic carbocycles. The Labute approximate surface area is 168 Å². The zero-order chi connectivity index (χ0) is 20.1. The monoisotopic (exact) mass is 404 g/mol. The number of nitrogens with one attached hydrogen (secondary N) is 1. The van der Waals surface area contributed by atoms with Crippen LogP contribution in [0.15, 0.2) is 29.0 Å². The third kappa shape index (κ3) is 4.06. The molecule has 0 spiro atoms. The van der Waals surface area contributed by atoms with Crippen LogP contribution in [0.2, 0.25) is 0 Å². The van der Waals surface area contributed by atoms with Gasteiger partial charge in [0.2, 0.25) is 11.7 Å². The molecule has 1 atom stereocenters. The number of hydrogen-bond acceptors (Lipinski definition) is 6. The largest absolute Gasteiger partial charge is 0.493 e. The van der Waals surface area contributed by atoms with E-state index in [1.165, 1.54) is 21.3 Å². The number of ether oxygens (including phenoxy) is 3. The Bertz CT molecular complexity index is 812. The maximum Gasteiger partial charge on any atom is 0.251 e. The Morgan fingerprint density at radius 3 is 2.46 bits per heavy atom. The van der Waals surface area contributed by atoms with Gasteiger partial charge in [0.15, 0.2) is 11.5 Å². The molecule has 0 radical (unpaired) electrons. The molecule has 1 N–H and O–H groups in total. The van der Waals surface area contributed by atoms with Crippen LogP contribution in [-0.2, 0) is 4.79 Å². The molecule has 1 aliphatic rings. The summed E-state index contributed by atoms with van der Waals surface area (Å²) in [5, 5.41) is 6.79. The highest BCUT2D eigenvalue weighted by Crippen LogP contribution is 2.38. The molecule has 0 aliphatic carbocycles. The summed E-state index contributed by atoms with van der Waals surface area (Å²) in [7, 11) is 4.47. The van der Waals surface area contributed by atoms with Crippen molar-refractivity contribution in [3.63, 3.8) is 0 Å². The van der Waals surface area contributed by atoms with E-state index in [1.54, 1.807) is 23.5 Å². The van der Waals surface area contributed by atoms with Gasteiger partial charge in [0.05, 0.1) is 33.9 Å². The summed E-state index contributed by atoms with van der Waals surface area (Å²) >= 11 is 1.62. The first-order valence-corrected chi connectivity index (χ1v) is 9.93. The highest BCUT2D eigenvalue weighted by molar-refractivity contribution is 7.08. The summed E-state index contributed by atoms with van der Waals surface area (Å²) in [5.74, 6) is 0.715. The quantitative estimate of drug-likeness (QED) is 0.768. The highest BCUT2D eigenvalue weighted by atomic mass is 32.1. The minimum atomic E-state index is -0.376. The lowest BCUT2D eigenvalue weighted by atomic mass is 10.1. The van der Waals surface area contributed by atoms with E-state index in [1.807, 2.05) is 10.3 Å². The van der Waals surface area contributed by atoms with Crippen molar-refractivity contribution < 1.29 is 23.8 Å². The van der Waals surface area contributed by atoms with Gasteiger partial charge in [-0.1, -0.05) is 0 Å². The topological polar surface area (TPSA) is 77.1 Å². The molecule has 3 rings (SSSR count). The third-order valence-corrected chi connectivity index (χ3v) is 5.53. The van der Waals surface area contributed by atoms with Crippen LogP contribution < -0.4 is 19.5 Å². The second-order valence-corrected chi connectivity index (χ2v) is 7.18. The summed E-state index contributed by atoms with van der Waals surface area (Å²) < 4.78 is 15.8. The molecule has 0 saturated carbocycles. The summed E-state index contributed by atoms with van der Waals surface area (Å²) in [6, 6.07) is 5.27. The van der Waals surface area contributed by atoms with E-state index in [9.17, 15) is 9.59 Å². The number of likely N-dealkylation sites (tertiary alicyclic amines) is 1. The lowest BCUT2D eigenvalue weighted by Gasteiger charge is -2.24. The van der Waals surface area contributed by atoms with Gasteiger partial charge >= 0.3 is 0 Å². The van der Waals surface area contributed by atoms with Crippen molar-refractivity contribution in [3.8, 4) is 17.2 Å². The fourth-order valence-electron chi connectivity index (χ4n) is 3.45. The van der Waals surface area contributed by atoms with E-state index in [0.717, 1.165) is 18.4 Å². The number of rotatable bonds is 7. The molecule has 150 valence electrons. The summed E-state index contributed by atoms with van der Waals surface area (Å²) in [6.07, 6.45) is 1.91. The van der Waals surface area contributed by atoms with E-state index in [-0.39, 0.29) is 24.4 Å². The minimum Gasteiger partial charge on any atom is -0.493 e. The van der Waals surface area contributed by atoms with Crippen LogP contribution in [0.3, 0.4) is 0 Å². The zero-order valence-corrected chi connectivity index (χ0v) is 17.0. The number of hydrogen-bond donors (Lipinski definition) is 1. The molecule has 28 heavy (non-hydrogen) atoms. The molecule has 1 unspecified atom stereocenters. The van der Waals surface area contributed by atoms with Crippen LogP contribution in [0, 0.1) is 0 Å². The van der Waals surface area contributed by atoms with Gasteiger partial charge in [-0.3, -0.25) is 9.59 Å². The predicted octanol–water partition coefficient (Wildman–Crippen LogP) is 2.87. The van der Waals surface area contributed by atoms with Gasteiger partial charge in [0.25, 0.3) is 5.91 Å². The summed E-state index contributed by atoms with van der Waals surface area (Å²) in [4.78, 5) is 27.1. The number of carbonyl (C=O) groups is 2. The number of nitrogens with zero attached hydrogens (tertiary/aromatic N) is 1. The maximum atomic E-state index is 12.7. The molecular weight excluding hydrogens is 380 g/mol. The molecule has 1 aromatic heterocycles. The first kappa shape index (κ1) is 20.0. The normalized spacial score (nSPS) is 16.0. The van der Waals surface area contributed by atoms with Crippen molar-refractivity contribution in [1.82, 2.24) is 10.2 Å². The Morgan fingerprint density at radius 1 is 1.18 bits per heavy atom. The van der Waals surface area contributed by atoms with Crippen molar-refractivity contribution in [2.24, 2.45) is 0 Å². The van der Waals surface area contributed by atoms with Gasteiger partial charge in [0, 0.05) is 12.1 Å². The summed E-state index contributed by atoms with van der Waals surface area (Å²) in [6.45, 7) is 0.648. The van der Waals surface area contributed by atoms with Crippen molar-refractivity contribution in [3.05, 3.63) is 40.1 Å². The van der Waals surface area contributed by atoms with E-state index in [2.05, 4.69) is 16.8 Å².